The molecule has 1 atom stereocenters. The van der Waals surface area contributed by atoms with Gasteiger partial charge in [-0.1, -0.05) is 174 Å². The number of allylic oxidation sites excluding steroid dienone is 13. The van der Waals surface area contributed by atoms with Crippen LogP contribution in [0.3, 0.4) is 0 Å². The molecule has 0 amide bonds. The first-order valence-corrected chi connectivity index (χ1v) is 35.2. The third-order valence-corrected chi connectivity index (χ3v) is 22.4. The summed E-state index contributed by atoms with van der Waals surface area (Å²) >= 11 is 0. The van der Waals surface area contributed by atoms with E-state index in [9.17, 15) is 29.7 Å². The summed E-state index contributed by atoms with van der Waals surface area (Å²) in [6, 6.07) is 25.9. The molecule has 10 nitrogen and oxygen atoms in total. The summed E-state index contributed by atoms with van der Waals surface area (Å²) in [5.41, 5.74) is 23.7. The first-order chi connectivity index (χ1) is 45.5. The molecule has 3 aromatic heterocycles. The Kier molecular flexibility index (Phi) is 17.4. The fourth-order valence-corrected chi connectivity index (χ4v) is 16.1. The molecule has 7 aliphatic carbocycles. The zero-order chi connectivity index (χ0) is 69.9. The fourth-order valence-electron chi connectivity index (χ4n) is 16.1. The smallest absolute Gasteiger partial charge is 0.166 e. The van der Waals surface area contributed by atoms with E-state index in [4.69, 9.17) is 19.7 Å². The molecule has 504 valence electrons. The maximum absolute atomic E-state index is 12.4. The highest BCUT2D eigenvalue weighted by atomic mass is 16.6. The molecule has 3 aromatic carbocycles. The van der Waals surface area contributed by atoms with E-state index in [1.165, 1.54) is 66.8 Å². The van der Waals surface area contributed by atoms with Crippen molar-refractivity contribution in [3.63, 3.8) is 0 Å². The van der Waals surface area contributed by atoms with Crippen LogP contribution < -0.4 is 0 Å². The number of ether oxygens (including phenoxy) is 1. The molecule has 3 N–H and O–H groups in total. The van der Waals surface area contributed by atoms with E-state index in [1.807, 2.05) is 30.3 Å². The number of aromatic nitrogens is 3. The quantitative estimate of drug-likeness (QED) is 0.0938. The summed E-state index contributed by atoms with van der Waals surface area (Å²) in [6.45, 7) is 38.7. The molecule has 0 spiro atoms. The first-order valence-electron chi connectivity index (χ1n) is 35.2. The van der Waals surface area contributed by atoms with Gasteiger partial charge in [-0.2, -0.15) is 0 Å². The van der Waals surface area contributed by atoms with Crippen LogP contribution in [0.2, 0.25) is 0 Å². The number of nitrogens with zero attached hydrogens (tertiary/aromatic N) is 3. The maximum atomic E-state index is 12.4. The number of aliphatic hydroxyl groups excluding tert-OH is 3. The number of carbonyl (C=O) groups is 3. The summed E-state index contributed by atoms with van der Waals surface area (Å²) in [7, 11) is 0. The summed E-state index contributed by atoms with van der Waals surface area (Å²) in [5, 5.41) is 30.8. The molecule has 0 bridgehead atoms. The highest BCUT2D eigenvalue weighted by molar-refractivity contribution is 6.23. The highest BCUT2D eigenvalue weighted by Crippen LogP contribution is 2.56. The number of hydrogen-bond donors (Lipinski definition) is 3. The van der Waals surface area contributed by atoms with Crippen molar-refractivity contribution in [1.29, 1.82) is 0 Å². The van der Waals surface area contributed by atoms with Gasteiger partial charge in [0.15, 0.2) is 23.0 Å². The summed E-state index contributed by atoms with van der Waals surface area (Å²) in [5.74, 6) is 0.583. The van der Waals surface area contributed by atoms with E-state index >= 15 is 0 Å². The average Bonchev–Trinajstić information content (AvgIpc) is 1.67. The Balaban J connectivity index is 0.000000139. The Morgan fingerprint density at radius 3 is 1.08 bits per heavy atom. The van der Waals surface area contributed by atoms with Crippen LogP contribution in [0.15, 0.2) is 151 Å². The van der Waals surface area contributed by atoms with Crippen molar-refractivity contribution >= 4 is 39.6 Å². The molecule has 0 radical (unpaired) electrons. The number of fused-ring (bicyclic) bond motifs is 3. The van der Waals surface area contributed by atoms with Crippen LogP contribution in [0.5, 0.6) is 0 Å². The fraction of sp³-hybridized carbons (Fsp3) is 0.425. The minimum absolute atomic E-state index is 0.000768. The molecule has 2 fully saturated rings. The van der Waals surface area contributed by atoms with E-state index in [0.717, 1.165) is 53.0 Å². The molecular formula is C87H99N3O7. The van der Waals surface area contributed by atoms with E-state index in [-0.39, 0.29) is 72.5 Å². The Morgan fingerprint density at radius 2 is 0.742 bits per heavy atom. The van der Waals surface area contributed by atoms with Crippen molar-refractivity contribution in [2.45, 2.75) is 232 Å². The predicted molar refractivity (Wildman–Crippen MR) is 391 cm³/mol. The lowest BCUT2D eigenvalue weighted by Crippen LogP contribution is -2.30. The van der Waals surface area contributed by atoms with Crippen LogP contribution in [0.4, 0.5) is 0 Å². The Hall–Kier alpha value is -8.34. The molecular weight excluding hydrogens is 1200 g/mol. The summed E-state index contributed by atoms with van der Waals surface area (Å²) in [6.07, 6.45) is 26.6. The number of benzene rings is 3. The van der Waals surface area contributed by atoms with E-state index in [0.29, 0.717) is 85.8 Å². The predicted octanol–water partition coefficient (Wildman–Crippen LogP) is 19.8. The van der Waals surface area contributed by atoms with Gasteiger partial charge < -0.3 is 20.1 Å². The number of epoxide rings is 1. The van der Waals surface area contributed by atoms with Crippen molar-refractivity contribution in [3.05, 3.63) is 251 Å². The molecule has 1 aliphatic heterocycles. The second-order valence-corrected chi connectivity index (χ2v) is 32.6. The number of aryl methyl sites for hydroxylation is 3. The first kappa shape index (κ1) is 68.6. The van der Waals surface area contributed by atoms with Gasteiger partial charge in [0.25, 0.3) is 0 Å². The van der Waals surface area contributed by atoms with Crippen LogP contribution in [0, 0.1) is 20.8 Å². The number of carbonyl (C=O) groups excluding carboxylic acids is 3. The van der Waals surface area contributed by atoms with Gasteiger partial charge in [0, 0.05) is 117 Å². The number of rotatable bonds is 9. The standard InChI is InChI=1S/C30H35NO2.C29H33NO2.C28H31NO3/c1-18(2)27(24-12-11-20(17-31-24)28-25(32)9-8-10-26(28)33)21-16-23-22(15-19(21)3)29(4,5)13-14-30(23,6)7;1-18-15-21-22(28(4,5)12-11-27(21,2)3)16-20(18)29(13-14-29)25-10-9-19(17-30-25)26-23(31)7-6-8-24(26)32;1-17-13-20-21(27(4,5)12-11-26(20,2)3)14-19(17)28(16-32-28)24-10-9-18(15-29-24)25-22(30)7-6-8-23(25)31/h11-17,32H,8-10H2,1-7H3;9-12,15-17,31H,6-8,13-14H2,1-5H3;9-15,30H,6-8,16H2,1-5H3. The van der Waals surface area contributed by atoms with Gasteiger partial charge in [-0.25, -0.2) is 0 Å². The zero-order valence-electron chi connectivity index (χ0n) is 60.4. The second kappa shape index (κ2) is 24.6. The van der Waals surface area contributed by atoms with Gasteiger partial charge in [-0.05, 0) is 158 Å². The van der Waals surface area contributed by atoms with E-state index < -0.39 is 5.60 Å². The van der Waals surface area contributed by atoms with Crippen molar-refractivity contribution in [1.82, 2.24) is 15.0 Å². The molecule has 97 heavy (non-hydrogen) atoms. The minimum Gasteiger partial charge on any atom is -0.512 e. The van der Waals surface area contributed by atoms with E-state index in [1.54, 1.807) is 18.6 Å². The molecule has 8 aliphatic rings. The third-order valence-electron chi connectivity index (χ3n) is 22.4. The second-order valence-electron chi connectivity index (χ2n) is 32.6. The van der Waals surface area contributed by atoms with Gasteiger partial charge in [-0.3, -0.25) is 29.3 Å². The lowest BCUT2D eigenvalue weighted by Gasteiger charge is -2.38. The number of pyridine rings is 3. The van der Waals surface area contributed by atoms with Gasteiger partial charge in [0.2, 0.25) is 0 Å². The maximum Gasteiger partial charge on any atom is 0.166 e. The number of Topliss-reactive ketones (excluding diaryl/α,β-unsaturated/α-hetero) is 3. The van der Waals surface area contributed by atoms with Crippen LogP contribution in [-0.4, -0.2) is 54.2 Å². The molecule has 14 rings (SSSR count). The zero-order valence-corrected chi connectivity index (χ0v) is 60.4. The van der Waals surface area contributed by atoms with E-state index in [2.05, 4.69) is 197 Å². The third kappa shape index (κ3) is 12.5. The molecule has 1 saturated carbocycles. The summed E-state index contributed by atoms with van der Waals surface area (Å²) < 4.78 is 6.08. The summed E-state index contributed by atoms with van der Waals surface area (Å²) in [4.78, 5) is 51.4. The number of aliphatic hydroxyl groups is 3. The van der Waals surface area contributed by atoms with Crippen molar-refractivity contribution in [2.75, 3.05) is 6.61 Å². The number of ketones is 3. The lowest BCUT2D eigenvalue weighted by molar-refractivity contribution is -0.115. The van der Waals surface area contributed by atoms with Crippen LogP contribution in [-0.2, 0) is 62.6 Å². The van der Waals surface area contributed by atoms with Gasteiger partial charge >= 0.3 is 0 Å². The Labute approximate surface area is 575 Å². The molecule has 4 heterocycles. The highest BCUT2D eigenvalue weighted by Gasteiger charge is 2.52. The Bertz CT molecular complexity index is 4290. The van der Waals surface area contributed by atoms with Gasteiger partial charge in [-0.15, -0.1) is 0 Å². The SMILES string of the molecule is CC(C)=C(c1ccc(C2=C(O)CCCC2=O)cn1)c1cc2c(cc1C)C(C)(C)C=CC2(C)C.Cc1cc2c(cc1C1(c3ccc(C4=C(O)CCCC4=O)cn3)CC1)C(C)(C)C=CC2(C)C.Cc1cc2c(cc1C1(c3ccc(C4=C(O)CCCC4=O)cn3)CO1)C(C)(C)C=CC2(C)C. The van der Waals surface area contributed by atoms with Crippen molar-refractivity contribution in [2.24, 2.45) is 0 Å². The largest absolute Gasteiger partial charge is 0.512 e. The van der Waals surface area contributed by atoms with Crippen LogP contribution in [0.25, 0.3) is 22.3 Å². The molecule has 6 aromatic rings. The normalized spacial score (nSPS) is 22.3. The van der Waals surface area contributed by atoms with Gasteiger partial charge in [0.1, 0.15) is 17.3 Å². The minimum atomic E-state index is -0.550. The van der Waals surface area contributed by atoms with Crippen LogP contribution >= 0.6 is 0 Å². The molecule has 10 heteroatoms. The molecule has 1 unspecified atom stereocenters. The monoisotopic (exact) mass is 1300 g/mol. The van der Waals surface area contributed by atoms with Crippen molar-refractivity contribution in [3.8, 4) is 0 Å². The topological polar surface area (TPSA) is 163 Å². The van der Waals surface area contributed by atoms with Crippen LogP contribution in [0.1, 0.15) is 268 Å². The van der Waals surface area contributed by atoms with Crippen molar-refractivity contribution < 1.29 is 34.4 Å². The lowest BCUT2D eigenvalue weighted by atomic mass is 9.66. The Morgan fingerprint density at radius 1 is 0.402 bits per heavy atom. The molecule has 1 saturated heterocycles. The number of hydrogen-bond acceptors (Lipinski definition) is 10. The van der Waals surface area contributed by atoms with Gasteiger partial charge in [0.05, 0.1) is 40.4 Å². The average molecular weight is 1300 g/mol.